The first-order chi connectivity index (χ1) is 9.17. The van der Waals surface area contributed by atoms with Gasteiger partial charge in [0.15, 0.2) is 0 Å². The molecule has 1 atom stereocenters. The van der Waals surface area contributed by atoms with E-state index < -0.39 is 5.60 Å². The van der Waals surface area contributed by atoms with Crippen LogP contribution in [0.25, 0.3) is 11.3 Å². The monoisotopic (exact) mass is 277 g/mol. The first-order valence-electron chi connectivity index (χ1n) is 6.38. The number of thiazole rings is 1. The van der Waals surface area contributed by atoms with Gasteiger partial charge in [0.05, 0.1) is 22.9 Å². The summed E-state index contributed by atoms with van der Waals surface area (Å²) < 4.78 is 5.09. The number of aromatic nitrogens is 1. The molecule has 0 spiro atoms. The van der Waals surface area contributed by atoms with Crippen LogP contribution in [0.4, 0.5) is 0 Å². The quantitative estimate of drug-likeness (QED) is 0.882. The Hall–Kier alpha value is -1.23. The van der Waals surface area contributed by atoms with E-state index in [-0.39, 0.29) is 0 Å². The van der Waals surface area contributed by atoms with E-state index in [9.17, 15) is 5.11 Å². The molecule has 4 heteroatoms. The lowest BCUT2D eigenvalue weighted by atomic mass is 9.98. The lowest BCUT2D eigenvalue weighted by Gasteiger charge is -2.24. The largest absolute Gasteiger partial charge is 0.387 e. The zero-order valence-electron chi connectivity index (χ0n) is 11.3. The van der Waals surface area contributed by atoms with Crippen LogP contribution in [0.1, 0.15) is 18.4 Å². The molecule has 0 bridgehead atoms. The van der Waals surface area contributed by atoms with E-state index in [1.165, 1.54) is 0 Å². The molecule has 102 valence electrons. The average Bonchev–Trinajstić information content (AvgIpc) is 2.88. The van der Waals surface area contributed by atoms with Crippen LogP contribution in [0.3, 0.4) is 0 Å². The Morgan fingerprint density at radius 2 is 2.05 bits per heavy atom. The van der Waals surface area contributed by atoms with Crippen LogP contribution in [0.15, 0.2) is 35.7 Å². The Labute approximate surface area is 117 Å². The Bertz CT molecular complexity index is 512. The number of ether oxygens (including phenoxy) is 1. The van der Waals surface area contributed by atoms with Gasteiger partial charge in [0.1, 0.15) is 0 Å². The summed E-state index contributed by atoms with van der Waals surface area (Å²) in [5.41, 5.74) is 1.26. The second-order valence-electron chi connectivity index (χ2n) is 4.68. The average molecular weight is 277 g/mol. The molecule has 0 fully saturated rings. The maximum atomic E-state index is 10.4. The Kier molecular flexibility index (Phi) is 4.69. The molecule has 2 aromatic rings. The fraction of sp³-hybridized carbons (Fsp3) is 0.400. The molecule has 0 amide bonds. The van der Waals surface area contributed by atoms with Crippen molar-refractivity contribution in [1.82, 2.24) is 4.98 Å². The topological polar surface area (TPSA) is 42.4 Å². The van der Waals surface area contributed by atoms with Crippen molar-refractivity contribution in [2.75, 3.05) is 13.7 Å². The number of rotatable bonds is 6. The van der Waals surface area contributed by atoms with Gasteiger partial charge in [0, 0.05) is 24.5 Å². The zero-order valence-corrected chi connectivity index (χ0v) is 12.1. The summed E-state index contributed by atoms with van der Waals surface area (Å²) in [4.78, 5) is 4.60. The van der Waals surface area contributed by atoms with Gasteiger partial charge in [-0.25, -0.2) is 4.98 Å². The SMILES string of the molecule is CCC(O)(COC)Cc1nc(-c2ccccc2)cs1. The van der Waals surface area contributed by atoms with Crippen LogP contribution < -0.4 is 0 Å². The molecule has 1 aromatic carbocycles. The van der Waals surface area contributed by atoms with Gasteiger partial charge in [-0.15, -0.1) is 11.3 Å². The predicted octanol–water partition coefficient (Wildman–Crippen LogP) is 3.14. The fourth-order valence-electron chi connectivity index (χ4n) is 1.96. The van der Waals surface area contributed by atoms with Crippen LogP contribution in [-0.4, -0.2) is 29.4 Å². The second-order valence-corrected chi connectivity index (χ2v) is 5.62. The van der Waals surface area contributed by atoms with E-state index in [1.54, 1.807) is 18.4 Å². The Balaban J connectivity index is 2.13. The third-order valence-corrected chi connectivity index (χ3v) is 4.02. The smallest absolute Gasteiger partial charge is 0.0962 e. The van der Waals surface area contributed by atoms with Crippen LogP contribution in [0.2, 0.25) is 0 Å². The summed E-state index contributed by atoms with van der Waals surface area (Å²) in [6.45, 7) is 2.30. The molecule has 3 nitrogen and oxygen atoms in total. The van der Waals surface area contributed by atoms with Gasteiger partial charge in [0.2, 0.25) is 0 Å². The number of aliphatic hydroxyl groups is 1. The van der Waals surface area contributed by atoms with Gasteiger partial charge in [-0.1, -0.05) is 37.3 Å². The zero-order chi connectivity index (χ0) is 13.7. The number of nitrogens with zero attached hydrogens (tertiary/aromatic N) is 1. The molecule has 19 heavy (non-hydrogen) atoms. The summed E-state index contributed by atoms with van der Waals surface area (Å²) in [5.74, 6) is 0. The van der Waals surface area contributed by atoms with E-state index in [0.717, 1.165) is 16.3 Å². The van der Waals surface area contributed by atoms with Crippen molar-refractivity contribution in [3.8, 4) is 11.3 Å². The van der Waals surface area contributed by atoms with Gasteiger partial charge in [0.25, 0.3) is 0 Å². The van der Waals surface area contributed by atoms with Crippen molar-refractivity contribution in [3.63, 3.8) is 0 Å². The Morgan fingerprint density at radius 3 is 2.68 bits per heavy atom. The molecular weight excluding hydrogens is 258 g/mol. The number of methoxy groups -OCH3 is 1. The summed E-state index contributed by atoms with van der Waals surface area (Å²) >= 11 is 1.59. The highest BCUT2D eigenvalue weighted by molar-refractivity contribution is 7.09. The van der Waals surface area contributed by atoms with Crippen LogP contribution in [0.5, 0.6) is 0 Å². The second kappa shape index (κ2) is 6.28. The molecule has 1 heterocycles. The van der Waals surface area contributed by atoms with Gasteiger partial charge in [-0.3, -0.25) is 0 Å². The van der Waals surface area contributed by atoms with Gasteiger partial charge < -0.3 is 9.84 Å². The van der Waals surface area contributed by atoms with Crippen LogP contribution in [0, 0.1) is 0 Å². The van der Waals surface area contributed by atoms with Gasteiger partial charge in [-0.05, 0) is 6.42 Å². The van der Waals surface area contributed by atoms with E-state index in [2.05, 4.69) is 4.98 Å². The van der Waals surface area contributed by atoms with E-state index in [4.69, 9.17) is 4.74 Å². The van der Waals surface area contributed by atoms with Crippen molar-refractivity contribution in [1.29, 1.82) is 0 Å². The summed E-state index contributed by atoms with van der Waals surface area (Å²) in [5, 5.41) is 13.4. The normalized spacial score (nSPS) is 14.3. The van der Waals surface area contributed by atoms with E-state index >= 15 is 0 Å². The molecule has 0 radical (unpaired) electrons. The molecule has 1 aromatic heterocycles. The number of hydrogen-bond acceptors (Lipinski definition) is 4. The lowest BCUT2D eigenvalue weighted by molar-refractivity contribution is -0.0333. The molecule has 0 aliphatic rings. The van der Waals surface area contributed by atoms with Crippen LogP contribution >= 0.6 is 11.3 Å². The molecule has 0 saturated carbocycles. The lowest BCUT2D eigenvalue weighted by Crippen LogP contribution is -2.35. The molecule has 1 unspecified atom stereocenters. The summed E-state index contributed by atoms with van der Waals surface area (Å²) in [6, 6.07) is 10.1. The highest BCUT2D eigenvalue weighted by atomic mass is 32.1. The minimum Gasteiger partial charge on any atom is -0.387 e. The number of hydrogen-bond donors (Lipinski definition) is 1. The maximum Gasteiger partial charge on any atom is 0.0962 e. The highest BCUT2D eigenvalue weighted by Crippen LogP contribution is 2.25. The minimum absolute atomic E-state index is 0.337. The standard InChI is InChI=1S/C15H19NO2S/c1-3-15(17,11-18-2)9-14-16-13(10-19-14)12-7-5-4-6-8-12/h4-8,10,17H,3,9,11H2,1-2H3. The van der Waals surface area contributed by atoms with Gasteiger partial charge in [-0.2, -0.15) is 0 Å². The van der Waals surface area contributed by atoms with E-state index in [1.807, 2.05) is 42.6 Å². The first kappa shape index (κ1) is 14.2. The highest BCUT2D eigenvalue weighted by Gasteiger charge is 2.26. The molecule has 0 aliphatic heterocycles. The predicted molar refractivity (Wildman–Crippen MR) is 78.4 cm³/mol. The third-order valence-electron chi connectivity index (χ3n) is 3.17. The summed E-state index contributed by atoms with van der Waals surface area (Å²) in [6.07, 6.45) is 1.19. The minimum atomic E-state index is -0.819. The molecule has 0 saturated heterocycles. The molecule has 0 aliphatic carbocycles. The summed E-state index contributed by atoms with van der Waals surface area (Å²) in [7, 11) is 1.61. The van der Waals surface area contributed by atoms with Gasteiger partial charge >= 0.3 is 0 Å². The molecule has 2 rings (SSSR count). The maximum absolute atomic E-state index is 10.4. The van der Waals surface area contributed by atoms with E-state index in [0.29, 0.717) is 19.4 Å². The van der Waals surface area contributed by atoms with Crippen molar-refractivity contribution < 1.29 is 9.84 Å². The van der Waals surface area contributed by atoms with Crippen molar-refractivity contribution in [2.45, 2.75) is 25.4 Å². The van der Waals surface area contributed by atoms with Crippen molar-refractivity contribution in [2.24, 2.45) is 0 Å². The first-order valence-corrected chi connectivity index (χ1v) is 7.26. The molecular formula is C15H19NO2S. The van der Waals surface area contributed by atoms with Crippen molar-refractivity contribution >= 4 is 11.3 Å². The van der Waals surface area contributed by atoms with Crippen molar-refractivity contribution in [3.05, 3.63) is 40.7 Å². The molecule has 1 N–H and O–H groups in total. The number of benzene rings is 1. The fourth-order valence-corrected chi connectivity index (χ4v) is 2.90. The van der Waals surface area contributed by atoms with Crippen LogP contribution in [-0.2, 0) is 11.2 Å². The third kappa shape index (κ3) is 3.62. The Morgan fingerprint density at radius 1 is 1.32 bits per heavy atom.